The van der Waals surface area contributed by atoms with Crippen molar-refractivity contribution in [3.8, 4) is 0 Å². The number of likely N-dealkylation sites (tertiary alicyclic amines) is 2. The predicted octanol–water partition coefficient (Wildman–Crippen LogP) is 0.769. The summed E-state index contributed by atoms with van der Waals surface area (Å²) >= 11 is 0. The zero-order valence-electron chi connectivity index (χ0n) is 20.4. The molecule has 2 heterocycles. The lowest BCUT2D eigenvalue weighted by molar-refractivity contribution is -0.138. The molecule has 0 spiro atoms. The van der Waals surface area contributed by atoms with Gasteiger partial charge in [-0.05, 0) is 55.9 Å². The van der Waals surface area contributed by atoms with Gasteiger partial charge in [-0.3, -0.25) is 19.2 Å². The van der Waals surface area contributed by atoms with E-state index in [9.17, 15) is 19.2 Å². The van der Waals surface area contributed by atoms with Crippen LogP contribution in [0.25, 0.3) is 0 Å². The molecule has 1 aromatic carbocycles. The van der Waals surface area contributed by atoms with E-state index in [0.717, 1.165) is 5.69 Å². The number of hydrogen-bond acceptors (Lipinski definition) is 6. The minimum absolute atomic E-state index is 0.00364. The number of nitrogens with zero attached hydrogens (tertiary/aromatic N) is 3. The number of nitrogens with one attached hydrogen (secondary N) is 1. The topological polar surface area (TPSA) is 116 Å². The molecule has 9 nitrogen and oxygen atoms in total. The number of nitrogens with two attached hydrogens (primary N) is 1. The number of hydrogen-bond donors (Lipinski definition) is 2. The van der Waals surface area contributed by atoms with E-state index in [2.05, 4.69) is 5.32 Å². The molecule has 3 N–H and O–H groups in total. The summed E-state index contributed by atoms with van der Waals surface area (Å²) in [7, 11) is 3.85. The normalized spacial score (nSPS) is 23.6. The van der Waals surface area contributed by atoms with Gasteiger partial charge >= 0.3 is 0 Å². The molecule has 3 atom stereocenters. The van der Waals surface area contributed by atoms with Gasteiger partial charge in [-0.25, -0.2) is 0 Å². The molecule has 1 aromatic rings. The third kappa shape index (κ3) is 4.53. The molecule has 0 unspecified atom stereocenters. The van der Waals surface area contributed by atoms with Crippen molar-refractivity contribution in [1.82, 2.24) is 15.1 Å². The van der Waals surface area contributed by atoms with E-state index in [1.54, 1.807) is 21.9 Å². The number of ketones is 1. The second kappa shape index (κ2) is 9.02. The second-order valence-electron chi connectivity index (χ2n) is 10.5. The largest absolute Gasteiger partial charge is 0.378 e. The Labute approximate surface area is 200 Å². The summed E-state index contributed by atoms with van der Waals surface area (Å²) < 4.78 is 0. The maximum atomic E-state index is 13.6. The fourth-order valence-corrected chi connectivity index (χ4v) is 5.02. The Morgan fingerprint density at radius 1 is 1.15 bits per heavy atom. The van der Waals surface area contributed by atoms with Gasteiger partial charge in [0, 0.05) is 31.9 Å². The molecule has 184 valence electrons. The van der Waals surface area contributed by atoms with Crippen LogP contribution in [-0.4, -0.2) is 84.2 Å². The van der Waals surface area contributed by atoms with Crippen LogP contribution in [0.1, 0.15) is 49.9 Å². The van der Waals surface area contributed by atoms with E-state index in [0.29, 0.717) is 37.8 Å². The van der Waals surface area contributed by atoms with E-state index >= 15 is 0 Å². The Hall–Kier alpha value is -2.94. The van der Waals surface area contributed by atoms with Crippen molar-refractivity contribution in [3.63, 3.8) is 0 Å². The Morgan fingerprint density at radius 2 is 1.79 bits per heavy atom. The molecule has 1 saturated carbocycles. The van der Waals surface area contributed by atoms with E-state index in [4.69, 9.17) is 5.73 Å². The molecular formula is C25H35N5O4. The number of carbonyl (C=O) groups is 4. The molecule has 3 aliphatic rings. The van der Waals surface area contributed by atoms with Gasteiger partial charge in [0.2, 0.25) is 11.8 Å². The highest BCUT2D eigenvalue weighted by Crippen LogP contribution is 2.38. The van der Waals surface area contributed by atoms with Crippen molar-refractivity contribution < 1.29 is 19.2 Å². The van der Waals surface area contributed by atoms with Gasteiger partial charge in [-0.2, -0.15) is 0 Å². The van der Waals surface area contributed by atoms with Gasteiger partial charge in [0.15, 0.2) is 5.78 Å². The van der Waals surface area contributed by atoms with Crippen molar-refractivity contribution in [1.29, 1.82) is 0 Å². The number of carbonyl (C=O) groups excluding carboxylic acids is 4. The van der Waals surface area contributed by atoms with Gasteiger partial charge in [-0.15, -0.1) is 0 Å². The highest BCUT2D eigenvalue weighted by atomic mass is 16.2. The molecule has 2 saturated heterocycles. The van der Waals surface area contributed by atoms with E-state index < -0.39 is 17.6 Å². The molecular weight excluding hydrogens is 434 g/mol. The lowest BCUT2D eigenvalue weighted by Crippen LogP contribution is -2.53. The summed E-state index contributed by atoms with van der Waals surface area (Å²) in [6, 6.07) is 5.43. The Balaban J connectivity index is 1.48. The summed E-state index contributed by atoms with van der Waals surface area (Å²) in [5.74, 6) is -0.754. The second-order valence-corrected chi connectivity index (χ2v) is 10.5. The van der Waals surface area contributed by atoms with Crippen molar-refractivity contribution in [2.75, 3.05) is 32.1 Å². The molecule has 0 bridgehead atoms. The summed E-state index contributed by atoms with van der Waals surface area (Å²) in [5.41, 5.74) is 6.70. The fourth-order valence-electron chi connectivity index (χ4n) is 5.02. The molecule has 0 radical (unpaired) electrons. The minimum Gasteiger partial charge on any atom is -0.378 e. The average Bonchev–Trinajstić information content (AvgIpc) is 3.26. The van der Waals surface area contributed by atoms with Crippen LogP contribution in [0.5, 0.6) is 0 Å². The first kappa shape index (κ1) is 24.2. The van der Waals surface area contributed by atoms with Crippen LogP contribution < -0.4 is 16.0 Å². The monoisotopic (exact) mass is 469 g/mol. The van der Waals surface area contributed by atoms with Crippen LogP contribution in [0.2, 0.25) is 0 Å². The molecule has 34 heavy (non-hydrogen) atoms. The summed E-state index contributed by atoms with van der Waals surface area (Å²) in [4.78, 5) is 57.4. The van der Waals surface area contributed by atoms with Crippen LogP contribution >= 0.6 is 0 Å². The highest BCUT2D eigenvalue weighted by molar-refractivity contribution is 6.02. The number of Topliss-reactive ketones (excluding diaryl/α,β-unsaturated/α-hetero) is 1. The smallest absolute Gasteiger partial charge is 0.251 e. The molecule has 3 fully saturated rings. The molecule has 0 aromatic heterocycles. The zero-order valence-corrected chi connectivity index (χ0v) is 20.4. The molecule has 9 heteroatoms. The summed E-state index contributed by atoms with van der Waals surface area (Å²) in [5, 5.41) is 2.90. The first-order chi connectivity index (χ1) is 16.0. The van der Waals surface area contributed by atoms with Gasteiger partial charge in [0.1, 0.15) is 12.1 Å². The maximum Gasteiger partial charge on any atom is 0.251 e. The quantitative estimate of drug-likeness (QED) is 0.609. The Bertz CT molecular complexity index is 986. The third-order valence-electron chi connectivity index (χ3n) is 7.14. The summed E-state index contributed by atoms with van der Waals surface area (Å²) in [6.07, 6.45) is 2.26. The molecule has 1 aliphatic carbocycles. The molecule has 3 amide bonds. The highest BCUT2D eigenvalue weighted by Gasteiger charge is 2.57. The molecule has 4 rings (SSSR count). The minimum atomic E-state index is -0.844. The standard InChI is InChI=1S/C25H35N5O4/c1-15(2)13-18(27-22(32)16-5-7-17(8-6-16)28(3)4)23(33)29-12-9-19-21(29)20(31)14-30(19)24(34)25(26)10-11-25/h5-8,15,18-19,21H,9-14,26H2,1-4H3,(H,27,32)/t18-,19+,21-/m0/s1. The average molecular weight is 470 g/mol. The van der Waals surface area contributed by atoms with Crippen LogP contribution in [0, 0.1) is 5.92 Å². The number of benzene rings is 1. The van der Waals surface area contributed by atoms with Crippen molar-refractivity contribution in [3.05, 3.63) is 29.8 Å². The first-order valence-corrected chi connectivity index (χ1v) is 12.0. The van der Waals surface area contributed by atoms with Crippen molar-refractivity contribution in [2.24, 2.45) is 11.7 Å². The predicted molar refractivity (Wildman–Crippen MR) is 128 cm³/mol. The third-order valence-corrected chi connectivity index (χ3v) is 7.14. The summed E-state index contributed by atoms with van der Waals surface area (Å²) in [6.45, 7) is 4.35. The van der Waals surface area contributed by atoms with E-state index in [1.807, 2.05) is 45.0 Å². The van der Waals surface area contributed by atoms with Crippen molar-refractivity contribution >= 4 is 29.2 Å². The number of rotatable bonds is 7. The van der Waals surface area contributed by atoms with Gasteiger partial charge in [0.05, 0.1) is 18.1 Å². The van der Waals surface area contributed by atoms with E-state index in [1.165, 1.54) is 0 Å². The zero-order chi connectivity index (χ0) is 24.8. The van der Waals surface area contributed by atoms with Gasteiger partial charge in [0.25, 0.3) is 5.91 Å². The van der Waals surface area contributed by atoms with Gasteiger partial charge < -0.3 is 25.8 Å². The molecule has 2 aliphatic heterocycles. The lowest BCUT2D eigenvalue weighted by Gasteiger charge is -2.29. The van der Waals surface area contributed by atoms with E-state index in [-0.39, 0.29) is 42.0 Å². The lowest BCUT2D eigenvalue weighted by atomic mass is 10.0. The number of amides is 3. The van der Waals surface area contributed by atoms with Gasteiger partial charge in [-0.1, -0.05) is 13.8 Å². The van der Waals surface area contributed by atoms with Crippen LogP contribution in [0.3, 0.4) is 0 Å². The first-order valence-electron chi connectivity index (χ1n) is 12.0. The number of fused-ring (bicyclic) bond motifs is 1. The Morgan fingerprint density at radius 3 is 2.35 bits per heavy atom. The van der Waals surface area contributed by atoms with Crippen molar-refractivity contribution in [2.45, 2.75) is 63.2 Å². The number of anilines is 1. The fraction of sp³-hybridized carbons (Fsp3) is 0.600. The Kier molecular flexibility index (Phi) is 6.42. The van der Waals surface area contributed by atoms with Crippen LogP contribution in [0.4, 0.5) is 5.69 Å². The maximum absolute atomic E-state index is 13.6. The van der Waals surface area contributed by atoms with Crippen LogP contribution in [-0.2, 0) is 14.4 Å². The van der Waals surface area contributed by atoms with Crippen LogP contribution in [0.15, 0.2) is 24.3 Å². The SMILES string of the molecule is CC(C)C[C@H](NC(=O)c1ccc(N(C)C)cc1)C(=O)N1CC[C@@H]2[C@H]1C(=O)CN2C(=O)C1(N)CC1.